The van der Waals surface area contributed by atoms with Crippen LogP contribution in [0.4, 0.5) is 0 Å². The third-order valence-corrected chi connectivity index (χ3v) is 6.16. The van der Waals surface area contributed by atoms with Crippen LogP contribution in [-0.2, 0) is 6.42 Å². The molecule has 0 unspecified atom stereocenters. The number of carbonyl (C=O) groups is 1. The molecular weight excluding hydrogens is 426 g/mol. The summed E-state index contributed by atoms with van der Waals surface area (Å²) in [5.74, 6) is 0.833. The van der Waals surface area contributed by atoms with Crippen LogP contribution >= 0.6 is 0 Å². The van der Waals surface area contributed by atoms with Crippen LogP contribution < -0.4 is 10.1 Å². The molecule has 3 aromatic heterocycles. The summed E-state index contributed by atoms with van der Waals surface area (Å²) in [6.07, 6.45) is 8.08. The maximum atomic E-state index is 12.9. The van der Waals surface area contributed by atoms with Gasteiger partial charge < -0.3 is 10.1 Å². The van der Waals surface area contributed by atoms with Gasteiger partial charge in [0, 0.05) is 34.9 Å². The fourth-order valence-electron chi connectivity index (χ4n) is 4.16. The second kappa shape index (κ2) is 9.73. The van der Waals surface area contributed by atoms with E-state index in [1.807, 2.05) is 59.5 Å². The van der Waals surface area contributed by atoms with Gasteiger partial charge in [0.1, 0.15) is 11.9 Å². The molecule has 0 radical (unpaired) electrons. The van der Waals surface area contributed by atoms with Gasteiger partial charge >= 0.3 is 0 Å². The van der Waals surface area contributed by atoms with Crippen LogP contribution in [0.5, 0.6) is 5.75 Å². The molecule has 1 N–H and O–H groups in total. The van der Waals surface area contributed by atoms with E-state index in [4.69, 9.17) is 9.72 Å². The molecule has 5 rings (SSSR count). The number of benzene rings is 1. The number of pyridine rings is 2. The van der Waals surface area contributed by atoms with E-state index >= 15 is 0 Å². The summed E-state index contributed by atoms with van der Waals surface area (Å²) in [4.78, 5) is 22.2. The van der Waals surface area contributed by atoms with Crippen LogP contribution in [0.1, 0.15) is 48.8 Å². The molecule has 7 heteroatoms. The maximum Gasteiger partial charge on any atom is 0.168 e. The van der Waals surface area contributed by atoms with E-state index in [2.05, 4.69) is 29.2 Å². The summed E-state index contributed by atoms with van der Waals surface area (Å²) in [7, 11) is 0. The Hall–Kier alpha value is -3.58. The number of nitrogens with zero attached hydrogens (tertiary/aromatic N) is 4. The molecule has 0 bridgehead atoms. The minimum absolute atomic E-state index is 0.0228. The van der Waals surface area contributed by atoms with Gasteiger partial charge in [0.15, 0.2) is 5.78 Å². The molecule has 1 fully saturated rings. The van der Waals surface area contributed by atoms with E-state index in [0.29, 0.717) is 17.3 Å². The summed E-state index contributed by atoms with van der Waals surface area (Å²) in [5.41, 5.74) is 4.00. The number of hydrogen-bond donors (Lipinski definition) is 1. The quantitative estimate of drug-likeness (QED) is 0.409. The minimum atomic E-state index is 0.0228. The second-order valence-electron chi connectivity index (χ2n) is 9.06. The van der Waals surface area contributed by atoms with Crippen molar-refractivity contribution in [3.63, 3.8) is 0 Å². The lowest BCUT2D eigenvalue weighted by Crippen LogP contribution is -2.34. The highest BCUT2D eigenvalue weighted by Crippen LogP contribution is 2.23. The van der Waals surface area contributed by atoms with Gasteiger partial charge in [-0.3, -0.25) is 14.5 Å². The third kappa shape index (κ3) is 4.99. The molecule has 0 aliphatic carbocycles. The minimum Gasteiger partial charge on any atom is -0.490 e. The van der Waals surface area contributed by atoms with Gasteiger partial charge in [-0.1, -0.05) is 0 Å². The number of aromatic nitrogens is 4. The summed E-state index contributed by atoms with van der Waals surface area (Å²) in [6, 6.07) is 13.6. The first-order chi connectivity index (χ1) is 16.5. The van der Waals surface area contributed by atoms with Crippen molar-refractivity contribution in [2.45, 2.75) is 45.3 Å². The van der Waals surface area contributed by atoms with Crippen molar-refractivity contribution in [2.75, 3.05) is 13.1 Å². The Bertz CT molecular complexity index is 1290. The summed E-state index contributed by atoms with van der Waals surface area (Å²) >= 11 is 0. The SMILES string of the molecule is CC(C)n1cc(-c2ccc3cnc(CC(=O)c4ccc(OC5CCNCC5)cc4)cc3n2)cn1. The van der Waals surface area contributed by atoms with Crippen molar-refractivity contribution in [3.05, 3.63) is 72.3 Å². The third-order valence-electron chi connectivity index (χ3n) is 6.16. The van der Waals surface area contributed by atoms with Crippen molar-refractivity contribution in [1.82, 2.24) is 25.1 Å². The normalized spacial score (nSPS) is 14.6. The molecule has 7 nitrogen and oxygen atoms in total. The second-order valence-corrected chi connectivity index (χ2v) is 9.06. The standard InChI is InChI=1S/C27H29N5O2/c1-18(2)32-17-21(16-30-32)25-8-5-20-15-29-22(13-26(20)31-25)14-27(33)19-3-6-23(7-4-19)34-24-9-11-28-12-10-24/h3-8,13,15-18,24,28H,9-12,14H2,1-2H3. The number of ketones is 1. The molecule has 1 aliphatic rings. The molecule has 0 amide bonds. The van der Waals surface area contributed by atoms with Crippen molar-refractivity contribution in [2.24, 2.45) is 0 Å². The summed E-state index contributed by atoms with van der Waals surface area (Å²) in [6.45, 7) is 6.15. The zero-order valence-corrected chi connectivity index (χ0v) is 19.6. The van der Waals surface area contributed by atoms with Crippen LogP contribution in [0.3, 0.4) is 0 Å². The largest absolute Gasteiger partial charge is 0.490 e. The molecular formula is C27H29N5O2. The maximum absolute atomic E-state index is 12.9. The van der Waals surface area contributed by atoms with Crippen LogP contribution in [0.25, 0.3) is 22.2 Å². The van der Waals surface area contributed by atoms with Gasteiger partial charge in [-0.15, -0.1) is 0 Å². The Kier molecular flexibility index (Phi) is 6.36. The molecule has 0 spiro atoms. The Morgan fingerprint density at radius 1 is 1.12 bits per heavy atom. The molecule has 4 aromatic rings. The lowest BCUT2D eigenvalue weighted by molar-refractivity contribution is 0.0992. The van der Waals surface area contributed by atoms with Gasteiger partial charge in [-0.05, 0) is 82.2 Å². The van der Waals surface area contributed by atoms with Crippen molar-refractivity contribution in [1.29, 1.82) is 0 Å². The fraction of sp³-hybridized carbons (Fsp3) is 0.333. The number of fused-ring (bicyclic) bond motifs is 1. The van der Waals surface area contributed by atoms with Crippen molar-refractivity contribution < 1.29 is 9.53 Å². The molecule has 0 atom stereocenters. The molecule has 1 aliphatic heterocycles. The number of Topliss-reactive ketones (excluding diaryl/α,β-unsaturated/α-hetero) is 1. The number of carbonyl (C=O) groups excluding carboxylic acids is 1. The van der Waals surface area contributed by atoms with E-state index in [0.717, 1.165) is 53.8 Å². The Balaban J connectivity index is 1.29. The van der Waals surface area contributed by atoms with Crippen LogP contribution in [0, 0.1) is 0 Å². The Labute approximate surface area is 199 Å². The van der Waals surface area contributed by atoms with Crippen LogP contribution in [-0.4, -0.2) is 44.7 Å². The number of nitrogens with one attached hydrogen (secondary N) is 1. The highest BCUT2D eigenvalue weighted by Gasteiger charge is 2.15. The number of rotatable bonds is 7. The highest BCUT2D eigenvalue weighted by molar-refractivity contribution is 5.97. The predicted molar refractivity (Wildman–Crippen MR) is 132 cm³/mol. The van der Waals surface area contributed by atoms with Crippen LogP contribution in [0.15, 0.2) is 61.1 Å². The number of hydrogen-bond acceptors (Lipinski definition) is 6. The number of ether oxygens (including phenoxy) is 1. The van der Waals surface area contributed by atoms with Crippen LogP contribution in [0.2, 0.25) is 0 Å². The van der Waals surface area contributed by atoms with E-state index in [9.17, 15) is 4.79 Å². The zero-order valence-electron chi connectivity index (χ0n) is 19.6. The first-order valence-corrected chi connectivity index (χ1v) is 11.9. The molecule has 0 saturated carbocycles. The lowest BCUT2D eigenvalue weighted by Gasteiger charge is -2.23. The fourth-order valence-corrected chi connectivity index (χ4v) is 4.16. The highest BCUT2D eigenvalue weighted by atomic mass is 16.5. The topological polar surface area (TPSA) is 81.9 Å². The smallest absolute Gasteiger partial charge is 0.168 e. The van der Waals surface area contributed by atoms with E-state index in [1.165, 1.54) is 0 Å². The average molecular weight is 456 g/mol. The van der Waals surface area contributed by atoms with E-state index < -0.39 is 0 Å². The van der Waals surface area contributed by atoms with Gasteiger partial charge in [-0.2, -0.15) is 5.10 Å². The van der Waals surface area contributed by atoms with Crippen molar-refractivity contribution in [3.8, 4) is 17.0 Å². The zero-order chi connectivity index (χ0) is 23.5. The summed E-state index contributed by atoms with van der Waals surface area (Å²) in [5, 5.41) is 8.69. The molecule has 1 saturated heterocycles. The Morgan fingerprint density at radius 3 is 2.65 bits per heavy atom. The molecule has 4 heterocycles. The van der Waals surface area contributed by atoms with E-state index in [-0.39, 0.29) is 18.3 Å². The van der Waals surface area contributed by atoms with Gasteiger partial charge in [-0.25, -0.2) is 4.98 Å². The molecule has 1 aromatic carbocycles. The van der Waals surface area contributed by atoms with Gasteiger partial charge in [0.05, 0.1) is 29.5 Å². The summed E-state index contributed by atoms with van der Waals surface area (Å²) < 4.78 is 7.96. The van der Waals surface area contributed by atoms with Crippen molar-refractivity contribution >= 4 is 16.7 Å². The monoisotopic (exact) mass is 455 g/mol. The average Bonchev–Trinajstić information content (AvgIpc) is 3.36. The van der Waals surface area contributed by atoms with Gasteiger partial charge in [0.25, 0.3) is 0 Å². The Morgan fingerprint density at radius 2 is 1.91 bits per heavy atom. The van der Waals surface area contributed by atoms with E-state index in [1.54, 1.807) is 6.20 Å². The molecule has 174 valence electrons. The van der Waals surface area contributed by atoms with Gasteiger partial charge in [0.2, 0.25) is 0 Å². The predicted octanol–water partition coefficient (Wildman–Crippen LogP) is 4.63. The molecule has 34 heavy (non-hydrogen) atoms. The lowest BCUT2D eigenvalue weighted by atomic mass is 10.1. The number of piperidine rings is 1. The first-order valence-electron chi connectivity index (χ1n) is 11.9. The first kappa shape index (κ1) is 22.2.